The maximum absolute atomic E-state index is 12.4. The fourth-order valence-electron chi connectivity index (χ4n) is 4.55. The molecule has 0 heterocycles. The highest BCUT2D eigenvalue weighted by Gasteiger charge is 2.51. The van der Waals surface area contributed by atoms with Crippen molar-refractivity contribution in [2.24, 2.45) is 22.7 Å². The Labute approximate surface area is 140 Å². The monoisotopic (exact) mass is 320 g/mol. The number of carbonyl (C=O) groups is 2. The molecular weight excluding hydrogens is 288 g/mol. The molecule has 3 nitrogen and oxygen atoms in total. The molecule has 0 aromatic carbocycles. The van der Waals surface area contributed by atoms with Crippen LogP contribution < -0.4 is 0 Å². The predicted molar refractivity (Wildman–Crippen MR) is 94.2 cm³/mol. The lowest BCUT2D eigenvalue weighted by atomic mass is 9.50. The van der Waals surface area contributed by atoms with E-state index in [2.05, 4.69) is 33.4 Å². The molecule has 0 aromatic rings. The van der Waals surface area contributed by atoms with E-state index in [-0.39, 0.29) is 34.9 Å². The van der Waals surface area contributed by atoms with Gasteiger partial charge in [0.2, 0.25) is 0 Å². The Morgan fingerprint density at radius 3 is 2.35 bits per heavy atom. The summed E-state index contributed by atoms with van der Waals surface area (Å²) in [7, 11) is 0. The quantitative estimate of drug-likeness (QED) is 0.670. The minimum absolute atomic E-state index is 0.00703. The van der Waals surface area contributed by atoms with E-state index < -0.39 is 5.97 Å². The van der Waals surface area contributed by atoms with Crippen LogP contribution >= 0.6 is 0 Å². The standard InChI is InChI=1S/C20H32O3/c1-7-14(2)9-10-16(15(3)21)20(6)12-8-11-19(4,5)17(20)13-18(22)23/h7,9,16-17H,1,8,10-13H2,2-6H3,(H,22,23)/b14-9+/t16-,17+,20-/m0/s1. The van der Waals surface area contributed by atoms with Crippen molar-refractivity contribution in [2.75, 3.05) is 0 Å². The average Bonchev–Trinajstić information content (AvgIpc) is 2.42. The molecule has 0 amide bonds. The van der Waals surface area contributed by atoms with E-state index >= 15 is 0 Å². The first-order chi connectivity index (χ1) is 10.5. The Balaban J connectivity index is 3.24. The second kappa shape index (κ2) is 7.46. The number of hydrogen-bond acceptors (Lipinski definition) is 2. The second-order valence-corrected chi connectivity index (χ2v) is 8.05. The summed E-state index contributed by atoms with van der Waals surface area (Å²) in [5, 5.41) is 9.40. The van der Waals surface area contributed by atoms with Gasteiger partial charge >= 0.3 is 5.97 Å². The molecule has 0 aliphatic heterocycles. The summed E-state index contributed by atoms with van der Waals surface area (Å²) in [5.41, 5.74) is 0.727. The second-order valence-electron chi connectivity index (χ2n) is 8.05. The van der Waals surface area contributed by atoms with E-state index in [9.17, 15) is 14.7 Å². The molecule has 0 aromatic heterocycles. The van der Waals surface area contributed by atoms with Crippen LogP contribution in [0.3, 0.4) is 0 Å². The number of carbonyl (C=O) groups excluding carboxylic acids is 1. The fourth-order valence-corrected chi connectivity index (χ4v) is 4.55. The summed E-state index contributed by atoms with van der Waals surface area (Å²) < 4.78 is 0. The Bertz CT molecular complexity index is 501. The van der Waals surface area contributed by atoms with E-state index in [1.165, 1.54) is 0 Å². The summed E-state index contributed by atoms with van der Waals surface area (Å²) in [6.07, 6.45) is 7.63. The molecule has 3 heteroatoms. The highest BCUT2D eigenvalue weighted by atomic mass is 16.4. The molecule has 1 rings (SSSR count). The van der Waals surface area contributed by atoms with Gasteiger partial charge < -0.3 is 5.11 Å². The molecule has 1 N–H and O–H groups in total. The summed E-state index contributed by atoms with van der Waals surface area (Å²) in [5.74, 6) is -0.737. The van der Waals surface area contributed by atoms with Crippen molar-refractivity contribution in [1.29, 1.82) is 0 Å². The Hall–Kier alpha value is -1.38. The Kier molecular flexibility index (Phi) is 6.38. The van der Waals surface area contributed by atoms with Gasteiger partial charge in [0.25, 0.3) is 0 Å². The van der Waals surface area contributed by atoms with E-state index in [0.29, 0.717) is 6.42 Å². The maximum Gasteiger partial charge on any atom is 0.303 e. The smallest absolute Gasteiger partial charge is 0.303 e. The van der Waals surface area contributed by atoms with Gasteiger partial charge in [0.05, 0.1) is 0 Å². The summed E-state index contributed by atoms with van der Waals surface area (Å²) in [6, 6.07) is 0. The highest BCUT2D eigenvalue weighted by molar-refractivity contribution is 5.79. The average molecular weight is 320 g/mol. The van der Waals surface area contributed by atoms with Gasteiger partial charge in [0.1, 0.15) is 5.78 Å². The SMILES string of the molecule is C=C/C(C)=C/C[C@@H](C(C)=O)[C@]1(C)CCCC(C)(C)[C@H]1CC(=O)O. The molecule has 0 radical (unpaired) electrons. The number of allylic oxidation sites excluding steroid dienone is 3. The minimum atomic E-state index is -0.767. The molecule has 1 saturated carbocycles. The van der Waals surface area contributed by atoms with Crippen molar-refractivity contribution in [3.63, 3.8) is 0 Å². The first-order valence-electron chi connectivity index (χ1n) is 8.56. The summed E-state index contributed by atoms with van der Waals surface area (Å²) in [4.78, 5) is 23.8. The van der Waals surface area contributed by atoms with Crippen LogP contribution in [0.1, 0.15) is 66.7 Å². The number of carboxylic acid groups (broad SMARTS) is 1. The normalized spacial score (nSPS) is 28.9. The molecule has 0 saturated heterocycles. The molecule has 0 unspecified atom stereocenters. The van der Waals surface area contributed by atoms with Gasteiger partial charge in [-0.3, -0.25) is 9.59 Å². The van der Waals surface area contributed by atoms with E-state index in [1.807, 2.05) is 6.92 Å². The third-order valence-corrected chi connectivity index (χ3v) is 5.94. The Morgan fingerprint density at radius 2 is 1.87 bits per heavy atom. The zero-order valence-corrected chi connectivity index (χ0v) is 15.3. The first-order valence-corrected chi connectivity index (χ1v) is 8.56. The maximum atomic E-state index is 12.4. The van der Waals surface area contributed by atoms with E-state index in [4.69, 9.17) is 0 Å². The van der Waals surface area contributed by atoms with Crippen molar-refractivity contribution < 1.29 is 14.7 Å². The van der Waals surface area contributed by atoms with Gasteiger partial charge in [-0.15, -0.1) is 0 Å². The van der Waals surface area contributed by atoms with Crippen LogP contribution in [0.15, 0.2) is 24.3 Å². The van der Waals surface area contributed by atoms with Gasteiger partial charge in [-0.05, 0) is 49.9 Å². The van der Waals surface area contributed by atoms with Gasteiger partial charge in [-0.1, -0.05) is 51.5 Å². The lowest BCUT2D eigenvalue weighted by Crippen LogP contribution is -2.49. The molecule has 1 aliphatic rings. The molecule has 130 valence electrons. The van der Waals surface area contributed by atoms with Gasteiger partial charge in [-0.25, -0.2) is 0 Å². The summed E-state index contributed by atoms with van der Waals surface area (Å²) in [6.45, 7) is 13.8. The van der Waals surface area contributed by atoms with Crippen LogP contribution in [0.5, 0.6) is 0 Å². The minimum Gasteiger partial charge on any atom is -0.481 e. The van der Waals surface area contributed by atoms with Gasteiger partial charge in [-0.2, -0.15) is 0 Å². The van der Waals surface area contributed by atoms with Crippen LogP contribution in [0, 0.1) is 22.7 Å². The number of ketones is 1. The number of hydrogen-bond donors (Lipinski definition) is 1. The number of Topliss-reactive ketones (excluding diaryl/α,β-unsaturated/α-hetero) is 1. The third kappa shape index (κ3) is 4.55. The van der Waals surface area contributed by atoms with E-state index in [1.54, 1.807) is 13.0 Å². The van der Waals surface area contributed by atoms with Crippen molar-refractivity contribution >= 4 is 11.8 Å². The zero-order chi connectivity index (χ0) is 17.8. The fraction of sp³-hybridized carbons (Fsp3) is 0.700. The van der Waals surface area contributed by atoms with Crippen molar-refractivity contribution in [1.82, 2.24) is 0 Å². The number of aliphatic carboxylic acids is 1. The van der Waals surface area contributed by atoms with E-state index in [0.717, 1.165) is 24.8 Å². The molecule has 23 heavy (non-hydrogen) atoms. The largest absolute Gasteiger partial charge is 0.481 e. The topological polar surface area (TPSA) is 54.4 Å². The number of carboxylic acids is 1. The predicted octanol–water partition coefficient (Wildman–Crippen LogP) is 5.02. The van der Waals surface area contributed by atoms with Crippen LogP contribution in [0.2, 0.25) is 0 Å². The molecule has 3 atom stereocenters. The third-order valence-electron chi connectivity index (χ3n) is 5.94. The summed E-state index contributed by atoms with van der Waals surface area (Å²) >= 11 is 0. The Morgan fingerprint density at radius 1 is 1.26 bits per heavy atom. The molecular formula is C20H32O3. The number of rotatable bonds is 7. The zero-order valence-electron chi connectivity index (χ0n) is 15.3. The van der Waals surface area contributed by atoms with Crippen molar-refractivity contribution in [3.05, 3.63) is 24.3 Å². The van der Waals surface area contributed by atoms with Crippen molar-refractivity contribution in [3.8, 4) is 0 Å². The van der Waals surface area contributed by atoms with Crippen molar-refractivity contribution in [2.45, 2.75) is 66.7 Å². The van der Waals surface area contributed by atoms with Gasteiger partial charge in [0, 0.05) is 12.3 Å². The van der Waals surface area contributed by atoms with Crippen LogP contribution in [-0.2, 0) is 9.59 Å². The van der Waals surface area contributed by atoms with Crippen LogP contribution in [-0.4, -0.2) is 16.9 Å². The van der Waals surface area contributed by atoms with Crippen LogP contribution in [0.4, 0.5) is 0 Å². The highest BCUT2D eigenvalue weighted by Crippen LogP contribution is 2.57. The molecule has 1 aliphatic carbocycles. The first kappa shape index (κ1) is 19.7. The lowest BCUT2D eigenvalue weighted by Gasteiger charge is -2.53. The molecule has 0 spiro atoms. The molecule has 0 bridgehead atoms. The lowest BCUT2D eigenvalue weighted by molar-refractivity contribution is -0.147. The van der Waals surface area contributed by atoms with Crippen LogP contribution in [0.25, 0.3) is 0 Å². The molecule has 1 fully saturated rings. The van der Waals surface area contributed by atoms with Gasteiger partial charge in [0.15, 0.2) is 0 Å².